The number of aryl methyl sites for hydroxylation is 1. The number of carbonyl (C=O) groups is 1. The second kappa shape index (κ2) is 6.44. The second-order valence-corrected chi connectivity index (χ2v) is 5.16. The highest BCUT2D eigenvalue weighted by molar-refractivity contribution is 6.33. The van der Waals surface area contributed by atoms with Crippen molar-refractivity contribution in [3.63, 3.8) is 0 Å². The fraction of sp³-hybridized carbons (Fsp3) is 0.188. The van der Waals surface area contributed by atoms with Gasteiger partial charge >= 0.3 is 6.03 Å². The van der Waals surface area contributed by atoms with Crippen molar-refractivity contribution in [1.82, 2.24) is 4.90 Å². The minimum Gasteiger partial charge on any atom is -0.323 e. The lowest BCUT2D eigenvalue weighted by Crippen LogP contribution is -2.30. The molecular weight excluding hydrogens is 272 g/mol. The normalized spacial score (nSPS) is 10.2. The molecular formula is C16H17ClN2O. The molecule has 104 valence electrons. The van der Waals surface area contributed by atoms with Crippen LogP contribution in [-0.4, -0.2) is 18.0 Å². The number of halogens is 1. The third kappa shape index (κ3) is 3.75. The molecule has 2 aromatic rings. The zero-order valence-electron chi connectivity index (χ0n) is 11.6. The molecule has 1 N–H and O–H groups in total. The zero-order valence-corrected chi connectivity index (χ0v) is 12.3. The Morgan fingerprint density at radius 1 is 1.15 bits per heavy atom. The van der Waals surface area contributed by atoms with Crippen molar-refractivity contribution in [1.29, 1.82) is 0 Å². The van der Waals surface area contributed by atoms with E-state index in [0.717, 1.165) is 5.56 Å². The van der Waals surface area contributed by atoms with E-state index in [1.165, 1.54) is 5.56 Å². The average Bonchev–Trinajstić information content (AvgIpc) is 2.44. The highest BCUT2D eigenvalue weighted by Gasteiger charge is 2.10. The molecule has 0 radical (unpaired) electrons. The van der Waals surface area contributed by atoms with Crippen molar-refractivity contribution in [2.45, 2.75) is 13.5 Å². The van der Waals surface area contributed by atoms with E-state index < -0.39 is 0 Å². The topological polar surface area (TPSA) is 32.3 Å². The van der Waals surface area contributed by atoms with Gasteiger partial charge < -0.3 is 10.2 Å². The lowest BCUT2D eigenvalue weighted by atomic mass is 10.1. The van der Waals surface area contributed by atoms with Gasteiger partial charge in [-0.3, -0.25) is 0 Å². The van der Waals surface area contributed by atoms with Crippen molar-refractivity contribution in [2.24, 2.45) is 0 Å². The summed E-state index contributed by atoms with van der Waals surface area (Å²) in [7, 11) is 1.76. The van der Waals surface area contributed by atoms with Crippen LogP contribution in [0.15, 0.2) is 48.5 Å². The number of rotatable bonds is 3. The average molecular weight is 289 g/mol. The van der Waals surface area contributed by atoms with Crippen LogP contribution >= 0.6 is 11.6 Å². The van der Waals surface area contributed by atoms with E-state index in [1.807, 2.05) is 43.3 Å². The fourth-order valence-corrected chi connectivity index (χ4v) is 2.00. The van der Waals surface area contributed by atoms with Gasteiger partial charge in [0.1, 0.15) is 0 Å². The van der Waals surface area contributed by atoms with Crippen molar-refractivity contribution < 1.29 is 4.79 Å². The van der Waals surface area contributed by atoms with Crippen LogP contribution in [0.1, 0.15) is 11.1 Å². The summed E-state index contributed by atoms with van der Waals surface area (Å²) in [5, 5.41) is 3.33. The molecule has 3 nitrogen and oxygen atoms in total. The Hall–Kier alpha value is -2.00. The Kier molecular flexibility index (Phi) is 4.64. The second-order valence-electron chi connectivity index (χ2n) is 4.75. The van der Waals surface area contributed by atoms with Gasteiger partial charge in [0.2, 0.25) is 0 Å². The largest absolute Gasteiger partial charge is 0.323 e. The van der Waals surface area contributed by atoms with Crippen LogP contribution in [0.3, 0.4) is 0 Å². The third-order valence-electron chi connectivity index (χ3n) is 3.00. The first-order valence-electron chi connectivity index (χ1n) is 6.38. The summed E-state index contributed by atoms with van der Waals surface area (Å²) in [6, 6.07) is 15.1. The van der Waals surface area contributed by atoms with Crippen LogP contribution in [-0.2, 0) is 6.54 Å². The van der Waals surface area contributed by atoms with Gasteiger partial charge in [0, 0.05) is 13.6 Å². The first-order valence-corrected chi connectivity index (χ1v) is 6.76. The maximum Gasteiger partial charge on any atom is 0.321 e. The minimum atomic E-state index is -0.182. The lowest BCUT2D eigenvalue weighted by molar-refractivity contribution is 0.220. The Morgan fingerprint density at radius 3 is 2.45 bits per heavy atom. The maximum atomic E-state index is 12.1. The predicted molar refractivity (Wildman–Crippen MR) is 83.1 cm³/mol. The van der Waals surface area contributed by atoms with E-state index in [9.17, 15) is 4.79 Å². The highest BCUT2D eigenvalue weighted by Crippen LogP contribution is 2.20. The molecule has 0 bridgehead atoms. The van der Waals surface area contributed by atoms with Crippen molar-refractivity contribution in [3.05, 3.63) is 64.7 Å². The first-order chi connectivity index (χ1) is 9.56. The summed E-state index contributed by atoms with van der Waals surface area (Å²) < 4.78 is 0. The number of nitrogens with zero attached hydrogens (tertiary/aromatic N) is 1. The first kappa shape index (κ1) is 14.4. The van der Waals surface area contributed by atoms with E-state index in [0.29, 0.717) is 17.3 Å². The molecule has 0 heterocycles. The van der Waals surface area contributed by atoms with Crippen molar-refractivity contribution in [3.8, 4) is 0 Å². The number of nitrogens with one attached hydrogen (secondary N) is 1. The van der Waals surface area contributed by atoms with Crippen LogP contribution in [0.5, 0.6) is 0 Å². The van der Waals surface area contributed by atoms with Gasteiger partial charge in [-0.2, -0.15) is 0 Å². The molecule has 0 unspecified atom stereocenters. The minimum absolute atomic E-state index is 0.182. The molecule has 2 amide bonds. The number of para-hydroxylation sites is 1. The zero-order chi connectivity index (χ0) is 14.5. The van der Waals surface area contributed by atoms with Crippen LogP contribution < -0.4 is 5.32 Å². The molecule has 0 spiro atoms. The smallest absolute Gasteiger partial charge is 0.321 e. The summed E-state index contributed by atoms with van der Waals surface area (Å²) in [6.45, 7) is 2.59. The Labute approximate surface area is 124 Å². The Balaban J connectivity index is 1.99. The molecule has 0 atom stereocenters. The Bertz CT molecular complexity index is 596. The van der Waals surface area contributed by atoms with E-state index >= 15 is 0 Å². The molecule has 0 saturated heterocycles. The SMILES string of the molecule is Cc1ccc(CN(C)C(=O)Nc2ccccc2Cl)cc1. The molecule has 0 aromatic heterocycles. The van der Waals surface area contributed by atoms with Gasteiger partial charge in [0.15, 0.2) is 0 Å². The molecule has 2 aromatic carbocycles. The number of urea groups is 1. The van der Waals surface area contributed by atoms with Crippen molar-refractivity contribution >= 4 is 23.3 Å². The van der Waals surface area contributed by atoms with E-state index in [2.05, 4.69) is 5.32 Å². The fourth-order valence-electron chi connectivity index (χ4n) is 1.81. The molecule has 0 aliphatic rings. The molecule has 0 fully saturated rings. The molecule has 2 rings (SSSR count). The summed E-state index contributed by atoms with van der Waals surface area (Å²) in [5.41, 5.74) is 2.92. The molecule has 20 heavy (non-hydrogen) atoms. The van der Waals surface area contributed by atoms with Gasteiger partial charge in [0.25, 0.3) is 0 Å². The van der Waals surface area contributed by atoms with E-state index in [-0.39, 0.29) is 6.03 Å². The van der Waals surface area contributed by atoms with Gasteiger partial charge in [-0.15, -0.1) is 0 Å². The van der Waals surface area contributed by atoms with Gasteiger partial charge in [-0.1, -0.05) is 53.6 Å². The molecule has 0 saturated carbocycles. The Morgan fingerprint density at radius 2 is 1.80 bits per heavy atom. The van der Waals surface area contributed by atoms with Gasteiger partial charge in [0.05, 0.1) is 10.7 Å². The van der Waals surface area contributed by atoms with E-state index in [4.69, 9.17) is 11.6 Å². The van der Waals surface area contributed by atoms with E-state index in [1.54, 1.807) is 24.1 Å². The summed E-state index contributed by atoms with van der Waals surface area (Å²) in [6.07, 6.45) is 0. The standard InChI is InChI=1S/C16H17ClN2O/c1-12-7-9-13(10-8-12)11-19(2)16(20)18-15-6-4-3-5-14(15)17/h3-10H,11H2,1-2H3,(H,18,20). The van der Waals surface area contributed by atoms with Crippen LogP contribution in [0.25, 0.3) is 0 Å². The summed E-state index contributed by atoms with van der Waals surface area (Å²) in [5.74, 6) is 0. The van der Waals surface area contributed by atoms with Gasteiger partial charge in [-0.05, 0) is 24.6 Å². The number of anilines is 1. The summed E-state index contributed by atoms with van der Waals surface area (Å²) >= 11 is 6.02. The lowest BCUT2D eigenvalue weighted by Gasteiger charge is -2.18. The number of benzene rings is 2. The number of hydrogen-bond acceptors (Lipinski definition) is 1. The van der Waals surface area contributed by atoms with Gasteiger partial charge in [-0.25, -0.2) is 4.79 Å². The number of hydrogen-bond donors (Lipinski definition) is 1. The number of amides is 2. The number of carbonyl (C=O) groups excluding carboxylic acids is 1. The molecule has 0 aliphatic carbocycles. The third-order valence-corrected chi connectivity index (χ3v) is 3.33. The molecule has 4 heteroatoms. The van der Waals surface area contributed by atoms with Crippen molar-refractivity contribution in [2.75, 3.05) is 12.4 Å². The van der Waals surface area contributed by atoms with Crippen LogP contribution in [0.2, 0.25) is 5.02 Å². The molecule has 0 aliphatic heterocycles. The quantitative estimate of drug-likeness (QED) is 0.896. The monoisotopic (exact) mass is 288 g/mol. The van der Waals surface area contributed by atoms with Crippen LogP contribution in [0, 0.1) is 6.92 Å². The summed E-state index contributed by atoms with van der Waals surface area (Å²) in [4.78, 5) is 13.7. The highest BCUT2D eigenvalue weighted by atomic mass is 35.5. The predicted octanol–water partition coefficient (Wildman–Crippen LogP) is 4.31. The maximum absolute atomic E-state index is 12.1. The van der Waals surface area contributed by atoms with Crippen LogP contribution in [0.4, 0.5) is 10.5 Å².